The van der Waals surface area contributed by atoms with E-state index in [1.807, 2.05) is 0 Å². The molecule has 0 amide bonds. The summed E-state index contributed by atoms with van der Waals surface area (Å²) in [5.41, 5.74) is -0.0802. The minimum absolute atomic E-state index is 0.0802. The van der Waals surface area contributed by atoms with Gasteiger partial charge < -0.3 is 9.84 Å². The monoisotopic (exact) mass is 335 g/mol. The molecule has 2 N–H and O–H groups in total. The van der Waals surface area contributed by atoms with Gasteiger partial charge in [0.05, 0.1) is 29.7 Å². The molecule has 1 aliphatic rings. The summed E-state index contributed by atoms with van der Waals surface area (Å²) in [6.07, 6.45) is 0. The molecule has 0 bridgehead atoms. The lowest BCUT2D eigenvalue weighted by Crippen LogP contribution is -2.48. The van der Waals surface area contributed by atoms with Gasteiger partial charge in [0.1, 0.15) is 0 Å². The fourth-order valence-electron chi connectivity index (χ4n) is 1.43. The normalized spacial score (nSPS) is 16.3. The summed E-state index contributed by atoms with van der Waals surface area (Å²) >= 11 is 3.10. The molecule has 0 atom stereocenters. The molecule has 1 saturated heterocycles. The van der Waals surface area contributed by atoms with Gasteiger partial charge in [-0.2, -0.15) is 0 Å². The number of carboxylic acids is 1. The number of aromatic carboxylic acids is 1. The molecular formula is C10H10BrNO5S. The largest absolute Gasteiger partial charge is 0.478 e. The van der Waals surface area contributed by atoms with E-state index >= 15 is 0 Å². The summed E-state index contributed by atoms with van der Waals surface area (Å²) in [5, 5.41) is 8.85. The van der Waals surface area contributed by atoms with Gasteiger partial charge in [0.25, 0.3) is 0 Å². The maximum absolute atomic E-state index is 12.0. The van der Waals surface area contributed by atoms with E-state index in [4.69, 9.17) is 9.84 Å². The second-order valence-electron chi connectivity index (χ2n) is 3.81. The molecule has 0 aromatic heterocycles. The second kappa shape index (κ2) is 4.96. The van der Waals surface area contributed by atoms with Crippen molar-refractivity contribution in [1.82, 2.24) is 4.72 Å². The zero-order valence-electron chi connectivity index (χ0n) is 9.09. The molecule has 0 radical (unpaired) electrons. The van der Waals surface area contributed by atoms with Crippen LogP contribution in [0.1, 0.15) is 10.4 Å². The third-order valence-corrected chi connectivity index (χ3v) is 4.94. The molecule has 98 valence electrons. The van der Waals surface area contributed by atoms with E-state index in [0.717, 1.165) is 6.07 Å². The van der Waals surface area contributed by atoms with Gasteiger partial charge in [-0.1, -0.05) is 0 Å². The van der Waals surface area contributed by atoms with Gasteiger partial charge in [-0.05, 0) is 34.1 Å². The lowest BCUT2D eigenvalue weighted by molar-refractivity contribution is 0.00481. The van der Waals surface area contributed by atoms with Crippen LogP contribution in [0.15, 0.2) is 27.6 Å². The Morgan fingerprint density at radius 3 is 2.61 bits per heavy atom. The van der Waals surface area contributed by atoms with E-state index in [9.17, 15) is 13.2 Å². The lowest BCUT2D eigenvalue weighted by Gasteiger charge is -2.26. The molecule has 1 aromatic rings. The van der Waals surface area contributed by atoms with Crippen molar-refractivity contribution in [2.24, 2.45) is 0 Å². The van der Waals surface area contributed by atoms with Crippen LogP contribution in [0.25, 0.3) is 0 Å². The Balaban J connectivity index is 2.35. The van der Waals surface area contributed by atoms with E-state index in [1.54, 1.807) is 0 Å². The number of hydrogen-bond donors (Lipinski definition) is 2. The average Bonchev–Trinajstić information content (AvgIpc) is 2.24. The highest BCUT2D eigenvalue weighted by Crippen LogP contribution is 2.24. The standard InChI is InChI=1S/C10H10BrNO5S/c11-8-2-1-6(10(13)14)3-9(8)18(15,16)12-7-4-17-5-7/h1-3,7,12H,4-5H2,(H,13,14). The van der Waals surface area contributed by atoms with Crippen molar-refractivity contribution >= 4 is 31.9 Å². The molecule has 1 aromatic carbocycles. The van der Waals surface area contributed by atoms with E-state index in [-0.39, 0.29) is 16.5 Å². The fraction of sp³-hybridized carbons (Fsp3) is 0.300. The van der Waals surface area contributed by atoms with Gasteiger partial charge in [-0.25, -0.2) is 17.9 Å². The molecule has 0 aliphatic carbocycles. The summed E-state index contributed by atoms with van der Waals surface area (Å²) in [6.45, 7) is 0.658. The number of carbonyl (C=O) groups is 1. The highest BCUT2D eigenvalue weighted by atomic mass is 79.9. The maximum Gasteiger partial charge on any atom is 0.335 e. The third kappa shape index (κ3) is 2.72. The van der Waals surface area contributed by atoms with Crippen molar-refractivity contribution < 1.29 is 23.1 Å². The van der Waals surface area contributed by atoms with E-state index in [1.165, 1.54) is 12.1 Å². The van der Waals surface area contributed by atoms with Crippen LogP contribution in [0.5, 0.6) is 0 Å². The predicted octanol–water partition coefficient (Wildman–Crippen LogP) is 0.824. The minimum atomic E-state index is -3.75. The molecule has 1 aliphatic heterocycles. The van der Waals surface area contributed by atoms with Gasteiger partial charge in [0, 0.05) is 4.47 Å². The molecule has 6 nitrogen and oxygen atoms in total. The molecule has 1 fully saturated rings. The molecule has 1 heterocycles. The summed E-state index contributed by atoms with van der Waals surface area (Å²) < 4.78 is 31.7. The Kier molecular flexibility index (Phi) is 3.71. The Hall–Kier alpha value is -0.960. The molecule has 0 unspecified atom stereocenters. The molecule has 0 saturated carbocycles. The molecule has 18 heavy (non-hydrogen) atoms. The minimum Gasteiger partial charge on any atom is -0.478 e. The van der Waals surface area contributed by atoms with Crippen LogP contribution in [-0.4, -0.2) is 38.7 Å². The first-order valence-corrected chi connectivity index (χ1v) is 7.31. The molecule has 0 spiro atoms. The van der Waals surface area contributed by atoms with Crippen molar-refractivity contribution in [2.45, 2.75) is 10.9 Å². The van der Waals surface area contributed by atoms with E-state index in [2.05, 4.69) is 20.7 Å². The highest BCUT2D eigenvalue weighted by molar-refractivity contribution is 9.10. The van der Waals surface area contributed by atoms with Crippen molar-refractivity contribution in [3.05, 3.63) is 28.2 Å². The number of carboxylic acid groups (broad SMARTS) is 1. The van der Waals surface area contributed by atoms with Crippen molar-refractivity contribution in [3.63, 3.8) is 0 Å². The number of hydrogen-bond acceptors (Lipinski definition) is 4. The van der Waals surface area contributed by atoms with Crippen LogP contribution < -0.4 is 4.72 Å². The van der Waals surface area contributed by atoms with Crippen LogP contribution in [0.2, 0.25) is 0 Å². The Morgan fingerprint density at radius 1 is 1.44 bits per heavy atom. The summed E-state index contributed by atoms with van der Waals surface area (Å²) in [4.78, 5) is 10.7. The number of halogens is 1. The molecule has 2 rings (SSSR count). The SMILES string of the molecule is O=C(O)c1ccc(Br)c(S(=O)(=O)NC2COC2)c1. The topological polar surface area (TPSA) is 92.7 Å². The first kappa shape index (κ1) is 13.5. The van der Waals surface area contributed by atoms with Crippen molar-refractivity contribution in [3.8, 4) is 0 Å². The van der Waals surface area contributed by atoms with Crippen LogP contribution in [0.3, 0.4) is 0 Å². The van der Waals surface area contributed by atoms with Crippen LogP contribution in [-0.2, 0) is 14.8 Å². The van der Waals surface area contributed by atoms with Gasteiger partial charge in [0.2, 0.25) is 10.0 Å². The predicted molar refractivity (Wildman–Crippen MR) is 66.0 cm³/mol. The van der Waals surface area contributed by atoms with E-state index in [0.29, 0.717) is 17.7 Å². The van der Waals surface area contributed by atoms with Gasteiger partial charge in [-0.15, -0.1) is 0 Å². The van der Waals surface area contributed by atoms with Crippen molar-refractivity contribution in [2.75, 3.05) is 13.2 Å². The number of rotatable bonds is 4. The van der Waals surface area contributed by atoms with Gasteiger partial charge in [0.15, 0.2) is 0 Å². The fourth-order valence-corrected chi connectivity index (χ4v) is 3.62. The third-order valence-electron chi connectivity index (χ3n) is 2.43. The summed E-state index contributed by atoms with van der Waals surface area (Å²) in [5.74, 6) is -1.18. The lowest BCUT2D eigenvalue weighted by atomic mass is 10.2. The zero-order chi connectivity index (χ0) is 13.3. The Labute approximate surface area is 112 Å². The van der Waals surface area contributed by atoms with Gasteiger partial charge in [-0.3, -0.25) is 0 Å². The van der Waals surface area contributed by atoms with Crippen LogP contribution >= 0.6 is 15.9 Å². The highest BCUT2D eigenvalue weighted by Gasteiger charge is 2.27. The van der Waals surface area contributed by atoms with Gasteiger partial charge >= 0.3 is 5.97 Å². The first-order valence-electron chi connectivity index (χ1n) is 5.03. The molecule has 8 heteroatoms. The van der Waals surface area contributed by atoms with Crippen LogP contribution in [0.4, 0.5) is 0 Å². The Bertz CT molecular complexity index is 582. The molecular weight excluding hydrogens is 326 g/mol. The Morgan fingerprint density at radius 2 is 2.11 bits per heavy atom. The number of benzene rings is 1. The summed E-state index contributed by atoms with van der Waals surface area (Å²) in [7, 11) is -3.75. The average molecular weight is 336 g/mol. The summed E-state index contributed by atoms with van der Waals surface area (Å²) in [6, 6.07) is 3.59. The first-order chi connectivity index (χ1) is 8.40. The number of ether oxygens (including phenoxy) is 1. The quantitative estimate of drug-likeness (QED) is 0.849. The van der Waals surface area contributed by atoms with Crippen LogP contribution in [0, 0.1) is 0 Å². The maximum atomic E-state index is 12.0. The number of sulfonamides is 1. The number of nitrogens with one attached hydrogen (secondary N) is 1. The van der Waals surface area contributed by atoms with E-state index < -0.39 is 16.0 Å². The second-order valence-corrected chi connectivity index (χ2v) is 6.34. The zero-order valence-corrected chi connectivity index (χ0v) is 11.5. The smallest absolute Gasteiger partial charge is 0.335 e. The van der Waals surface area contributed by atoms with Crippen molar-refractivity contribution in [1.29, 1.82) is 0 Å².